The fourth-order valence-electron chi connectivity index (χ4n) is 1.33. The van der Waals surface area contributed by atoms with Crippen molar-refractivity contribution in [3.8, 4) is 0 Å². The summed E-state index contributed by atoms with van der Waals surface area (Å²) < 4.78 is 10.0. The number of rotatable bonds is 8. The van der Waals surface area contributed by atoms with E-state index in [-0.39, 0.29) is 6.61 Å². The molecule has 1 aromatic heterocycles. The summed E-state index contributed by atoms with van der Waals surface area (Å²) in [6, 6.07) is 3.33. The molecule has 0 aliphatic heterocycles. The van der Waals surface area contributed by atoms with Gasteiger partial charge in [-0.2, -0.15) is 0 Å². The maximum Gasteiger partial charge on any atom is 0.341 e. The number of aromatic nitrogens is 1. The molecule has 0 bridgehead atoms. The average Bonchev–Trinajstić information content (AvgIpc) is 2.39. The summed E-state index contributed by atoms with van der Waals surface area (Å²) in [5, 5.41) is 11.5. The van der Waals surface area contributed by atoms with Gasteiger partial charge in [-0.25, -0.2) is 9.78 Å². The SMILES string of the molecule is CCOC(=O)c1cccnc1NCCOCCO. The van der Waals surface area contributed by atoms with E-state index in [1.165, 1.54) is 0 Å². The molecule has 0 aliphatic carbocycles. The van der Waals surface area contributed by atoms with Crippen molar-refractivity contribution in [1.82, 2.24) is 4.98 Å². The average molecular weight is 254 g/mol. The Morgan fingerprint density at radius 3 is 3.06 bits per heavy atom. The minimum absolute atomic E-state index is 0.00232. The second-order valence-electron chi connectivity index (χ2n) is 3.38. The van der Waals surface area contributed by atoms with Crippen molar-refractivity contribution in [2.24, 2.45) is 0 Å². The topological polar surface area (TPSA) is 80.7 Å². The van der Waals surface area contributed by atoms with E-state index < -0.39 is 5.97 Å². The largest absolute Gasteiger partial charge is 0.462 e. The molecule has 0 spiro atoms. The Morgan fingerprint density at radius 1 is 1.50 bits per heavy atom. The number of aliphatic hydroxyl groups is 1. The van der Waals surface area contributed by atoms with E-state index >= 15 is 0 Å². The van der Waals surface area contributed by atoms with Crippen LogP contribution in [0, 0.1) is 0 Å². The van der Waals surface area contributed by atoms with Crippen molar-refractivity contribution < 1.29 is 19.4 Å². The van der Waals surface area contributed by atoms with Gasteiger partial charge >= 0.3 is 5.97 Å². The first-order valence-electron chi connectivity index (χ1n) is 5.84. The molecule has 0 amide bonds. The molecular weight excluding hydrogens is 236 g/mol. The Morgan fingerprint density at radius 2 is 2.33 bits per heavy atom. The third kappa shape index (κ3) is 4.68. The second-order valence-corrected chi connectivity index (χ2v) is 3.38. The first-order chi connectivity index (χ1) is 8.79. The van der Waals surface area contributed by atoms with E-state index in [0.717, 1.165) is 0 Å². The number of nitrogens with one attached hydrogen (secondary N) is 1. The molecular formula is C12H18N2O4. The summed E-state index contributed by atoms with van der Waals surface area (Å²) in [4.78, 5) is 15.7. The summed E-state index contributed by atoms with van der Waals surface area (Å²) >= 11 is 0. The number of carbonyl (C=O) groups is 1. The molecule has 1 heterocycles. The number of hydrogen-bond donors (Lipinski definition) is 2. The zero-order valence-electron chi connectivity index (χ0n) is 10.4. The van der Waals surface area contributed by atoms with Crippen LogP contribution in [0.3, 0.4) is 0 Å². The molecule has 100 valence electrons. The number of ether oxygens (including phenoxy) is 2. The Bertz CT molecular complexity index is 371. The summed E-state index contributed by atoms with van der Waals surface area (Å²) in [5.74, 6) is 0.0768. The molecule has 0 fully saturated rings. The highest BCUT2D eigenvalue weighted by molar-refractivity contribution is 5.94. The van der Waals surface area contributed by atoms with Crippen LogP contribution in [0.5, 0.6) is 0 Å². The first-order valence-corrected chi connectivity index (χ1v) is 5.84. The fraction of sp³-hybridized carbons (Fsp3) is 0.500. The molecule has 0 aliphatic rings. The quantitative estimate of drug-likeness (QED) is 0.524. The van der Waals surface area contributed by atoms with Crippen LogP contribution in [0.4, 0.5) is 5.82 Å². The minimum atomic E-state index is -0.399. The number of hydrogen-bond acceptors (Lipinski definition) is 6. The lowest BCUT2D eigenvalue weighted by Gasteiger charge is -2.10. The van der Waals surface area contributed by atoms with Crippen molar-refractivity contribution >= 4 is 11.8 Å². The van der Waals surface area contributed by atoms with Gasteiger partial charge in [-0.3, -0.25) is 0 Å². The third-order valence-electron chi connectivity index (χ3n) is 2.08. The molecule has 1 rings (SSSR count). The molecule has 1 aromatic rings. The standard InChI is InChI=1S/C12H18N2O4/c1-2-18-12(16)10-4-3-5-13-11(10)14-6-8-17-9-7-15/h3-5,15H,2,6-9H2,1H3,(H,13,14). The van der Waals surface area contributed by atoms with Crippen molar-refractivity contribution in [1.29, 1.82) is 0 Å². The van der Waals surface area contributed by atoms with Crippen LogP contribution in [0.15, 0.2) is 18.3 Å². The van der Waals surface area contributed by atoms with Crippen LogP contribution >= 0.6 is 0 Å². The van der Waals surface area contributed by atoms with Gasteiger partial charge in [0.1, 0.15) is 11.4 Å². The molecule has 6 nitrogen and oxygen atoms in total. The molecule has 0 atom stereocenters. The lowest BCUT2D eigenvalue weighted by Crippen LogP contribution is -2.15. The van der Waals surface area contributed by atoms with Gasteiger partial charge in [0.25, 0.3) is 0 Å². The Kier molecular flexibility index (Phi) is 6.75. The van der Waals surface area contributed by atoms with E-state index in [0.29, 0.717) is 37.7 Å². The molecule has 2 N–H and O–H groups in total. The Balaban J connectivity index is 2.51. The molecule has 6 heteroatoms. The van der Waals surface area contributed by atoms with Crippen molar-refractivity contribution in [3.63, 3.8) is 0 Å². The van der Waals surface area contributed by atoms with Gasteiger partial charge in [0, 0.05) is 12.7 Å². The second kappa shape index (κ2) is 8.43. The van der Waals surface area contributed by atoms with Gasteiger partial charge in [0.05, 0.1) is 26.4 Å². The van der Waals surface area contributed by atoms with E-state index in [1.54, 1.807) is 25.3 Å². The van der Waals surface area contributed by atoms with Crippen LogP contribution in [0.2, 0.25) is 0 Å². The molecule has 0 saturated carbocycles. The van der Waals surface area contributed by atoms with Gasteiger partial charge in [-0.15, -0.1) is 0 Å². The van der Waals surface area contributed by atoms with E-state index in [2.05, 4.69) is 10.3 Å². The van der Waals surface area contributed by atoms with Gasteiger partial charge < -0.3 is 19.9 Å². The number of pyridine rings is 1. The normalized spacial score (nSPS) is 10.1. The van der Waals surface area contributed by atoms with Crippen molar-refractivity contribution in [2.45, 2.75) is 6.92 Å². The monoisotopic (exact) mass is 254 g/mol. The lowest BCUT2D eigenvalue weighted by molar-refractivity contribution is 0.0527. The highest BCUT2D eigenvalue weighted by Gasteiger charge is 2.12. The van der Waals surface area contributed by atoms with Crippen LogP contribution in [0.1, 0.15) is 17.3 Å². The van der Waals surface area contributed by atoms with E-state index in [9.17, 15) is 4.79 Å². The van der Waals surface area contributed by atoms with Crippen molar-refractivity contribution in [3.05, 3.63) is 23.9 Å². The summed E-state index contributed by atoms with van der Waals surface area (Å²) in [6.45, 7) is 3.31. The minimum Gasteiger partial charge on any atom is -0.462 e. The summed E-state index contributed by atoms with van der Waals surface area (Å²) in [5.41, 5.74) is 0.404. The maximum atomic E-state index is 11.6. The zero-order chi connectivity index (χ0) is 13.2. The van der Waals surface area contributed by atoms with Gasteiger partial charge in [0.2, 0.25) is 0 Å². The Hall–Kier alpha value is -1.66. The highest BCUT2D eigenvalue weighted by atomic mass is 16.5. The number of anilines is 1. The molecule has 18 heavy (non-hydrogen) atoms. The maximum absolute atomic E-state index is 11.6. The number of nitrogens with zero attached hydrogens (tertiary/aromatic N) is 1. The number of aliphatic hydroxyl groups excluding tert-OH is 1. The molecule has 0 aromatic carbocycles. The van der Waals surface area contributed by atoms with Crippen LogP contribution in [0.25, 0.3) is 0 Å². The number of esters is 1. The first kappa shape index (κ1) is 14.4. The number of carbonyl (C=O) groups excluding carboxylic acids is 1. The zero-order valence-corrected chi connectivity index (χ0v) is 10.4. The van der Waals surface area contributed by atoms with Gasteiger partial charge in [-0.05, 0) is 19.1 Å². The van der Waals surface area contributed by atoms with Gasteiger partial charge in [0.15, 0.2) is 0 Å². The van der Waals surface area contributed by atoms with E-state index in [1.807, 2.05) is 0 Å². The molecule has 0 radical (unpaired) electrons. The van der Waals surface area contributed by atoms with Crippen LogP contribution in [-0.2, 0) is 9.47 Å². The van der Waals surface area contributed by atoms with Crippen LogP contribution in [-0.4, -0.2) is 49.0 Å². The fourth-order valence-corrected chi connectivity index (χ4v) is 1.33. The predicted molar refractivity (Wildman–Crippen MR) is 66.6 cm³/mol. The Labute approximate surface area is 106 Å². The van der Waals surface area contributed by atoms with Crippen LogP contribution < -0.4 is 5.32 Å². The highest BCUT2D eigenvalue weighted by Crippen LogP contribution is 2.12. The molecule has 0 saturated heterocycles. The van der Waals surface area contributed by atoms with E-state index in [4.69, 9.17) is 14.6 Å². The summed E-state index contributed by atoms with van der Waals surface area (Å²) in [7, 11) is 0. The predicted octanol–water partition coefficient (Wildman–Crippen LogP) is 0.679. The third-order valence-corrected chi connectivity index (χ3v) is 2.08. The molecule has 0 unspecified atom stereocenters. The van der Waals surface area contributed by atoms with Gasteiger partial charge in [-0.1, -0.05) is 0 Å². The summed E-state index contributed by atoms with van der Waals surface area (Å²) in [6.07, 6.45) is 1.60. The van der Waals surface area contributed by atoms with Crippen molar-refractivity contribution in [2.75, 3.05) is 38.3 Å². The lowest BCUT2D eigenvalue weighted by atomic mass is 10.2. The smallest absolute Gasteiger partial charge is 0.341 e.